The van der Waals surface area contributed by atoms with Crippen LogP contribution in [0.3, 0.4) is 0 Å². The molecule has 1 aromatic carbocycles. The van der Waals surface area contributed by atoms with Crippen LogP contribution in [0.4, 0.5) is 5.13 Å². The minimum atomic E-state index is -0.308. The minimum absolute atomic E-state index is 0.0788. The van der Waals surface area contributed by atoms with Crippen molar-refractivity contribution in [3.8, 4) is 11.5 Å². The molecule has 2 rings (SSSR count). The number of aromatic nitrogens is 1. The number of hydrogen-bond donors (Lipinski definition) is 2. The van der Waals surface area contributed by atoms with Crippen molar-refractivity contribution >= 4 is 28.3 Å². The number of carbonyl (C=O) groups excluding carboxylic acids is 2. The Morgan fingerprint density at radius 2 is 1.96 bits per heavy atom. The molecular weight excluding hydrogens is 342 g/mol. The van der Waals surface area contributed by atoms with Crippen molar-refractivity contribution in [3.63, 3.8) is 0 Å². The summed E-state index contributed by atoms with van der Waals surface area (Å²) in [5.41, 5.74) is 1.05. The highest BCUT2D eigenvalue weighted by molar-refractivity contribution is 7.14. The third-order valence-corrected chi connectivity index (χ3v) is 4.14. The second-order valence-corrected chi connectivity index (χ2v) is 6.05. The Morgan fingerprint density at radius 1 is 1.20 bits per heavy atom. The molecule has 0 radical (unpaired) electrons. The van der Waals surface area contributed by atoms with Gasteiger partial charge in [0.1, 0.15) is 0 Å². The van der Waals surface area contributed by atoms with Crippen molar-refractivity contribution in [2.75, 3.05) is 26.1 Å². The Kier molecular flexibility index (Phi) is 6.76. The van der Waals surface area contributed by atoms with Crippen LogP contribution in [0.15, 0.2) is 23.6 Å². The molecule has 0 fully saturated rings. The third-order valence-electron chi connectivity index (χ3n) is 3.33. The lowest BCUT2D eigenvalue weighted by Crippen LogP contribution is -2.25. The molecule has 1 aromatic heterocycles. The number of benzene rings is 1. The summed E-state index contributed by atoms with van der Waals surface area (Å²) in [6, 6.07) is 4.91. The van der Waals surface area contributed by atoms with E-state index in [2.05, 4.69) is 15.6 Å². The highest BCUT2D eigenvalue weighted by Gasteiger charge is 2.13. The molecule has 0 aliphatic rings. The summed E-state index contributed by atoms with van der Waals surface area (Å²) < 4.78 is 10.3. The summed E-state index contributed by atoms with van der Waals surface area (Å²) in [6.45, 7) is 2.64. The molecule has 134 valence electrons. The molecule has 0 bridgehead atoms. The van der Waals surface area contributed by atoms with Crippen LogP contribution >= 0.6 is 11.3 Å². The van der Waals surface area contributed by atoms with Gasteiger partial charge in [-0.25, -0.2) is 4.98 Å². The Morgan fingerprint density at radius 3 is 2.64 bits per heavy atom. The number of nitrogens with one attached hydrogen (secondary N) is 2. The molecule has 0 unspecified atom stereocenters. The maximum atomic E-state index is 12.3. The predicted octanol–water partition coefficient (Wildman–Crippen LogP) is 2.48. The fraction of sp³-hybridized carbons (Fsp3) is 0.353. The lowest BCUT2D eigenvalue weighted by Gasteiger charge is -2.09. The number of anilines is 1. The fourth-order valence-electron chi connectivity index (χ4n) is 2.08. The summed E-state index contributed by atoms with van der Waals surface area (Å²) in [6.07, 6.45) is 1.08. The smallest absolute Gasteiger partial charge is 0.257 e. The fourth-order valence-corrected chi connectivity index (χ4v) is 2.79. The third kappa shape index (κ3) is 5.18. The second kappa shape index (κ2) is 9.03. The molecule has 25 heavy (non-hydrogen) atoms. The number of rotatable bonds is 8. The van der Waals surface area contributed by atoms with Gasteiger partial charge in [-0.05, 0) is 24.6 Å². The standard InChI is InChI=1S/C17H21N3O4S/c1-4-7-18-15(21)9-12-10-25-17(19-12)20-16(22)11-5-6-13(23-2)14(8-11)24-3/h5-6,8,10H,4,7,9H2,1-3H3,(H,18,21)(H,19,20,22). The largest absolute Gasteiger partial charge is 0.493 e. The first kappa shape index (κ1) is 18.7. The number of carbonyl (C=O) groups is 2. The number of thiazole rings is 1. The van der Waals surface area contributed by atoms with E-state index in [-0.39, 0.29) is 18.2 Å². The molecule has 2 amide bonds. The van der Waals surface area contributed by atoms with Gasteiger partial charge in [-0.1, -0.05) is 6.92 Å². The average Bonchev–Trinajstić information content (AvgIpc) is 3.05. The van der Waals surface area contributed by atoms with Crippen LogP contribution in [0.25, 0.3) is 0 Å². The Bertz CT molecular complexity index is 745. The van der Waals surface area contributed by atoms with Gasteiger partial charge in [0.25, 0.3) is 5.91 Å². The zero-order valence-electron chi connectivity index (χ0n) is 14.4. The maximum absolute atomic E-state index is 12.3. The highest BCUT2D eigenvalue weighted by Crippen LogP contribution is 2.28. The number of hydrogen-bond acceptors (Lipinski definition) is 6. The number of methoxy groups -OCH3 is 2. The number of ether oxygens (including phenoxy) is 2. The van der Waals surface area contributed by atoms with Crippen molar-refractivity contribution in [2.45, 2.75) is 19.8 Å². The Labute approximate surface area is 150 Å². The summed E-state index contributed by atoms with van der Waals surface area (Å²) >= 11 is 1.28. The van der Waals surface area contributed by atoms with Gasteiger partial charge in [0.05, 0.1) is 26.3 Å². The summed E-state index contributed by atoms with van der Waals surface area (Å²) in [5.74, 6) is 0.637. The maximum Gasteiger partial charge on any atom is 0.257 e. The molecule has 2 aromatic rings. The van der Waals surface area contributed by atoms with Crippen molar-refractivity contribution in [1.82, 2.24) is 10.3 Å². The normalized spacial score (nSPS) is 10.2. The molecule has 0 atom stereocenters. The van der Waals surface area contributed by atoms with Crippen LogP contribution < -0.4 is 20.1 Å². The van der Waals surface area contributed by atoms with E-state index in [1.807, 2.05) is 6.92 Å². The first-order chi connectivity index (χ1) is 12.1. The van der Waals surface area contributed by atoms with Gasteiger partial charge in [-0.2, -0.15) is 0 Å². The van der Waals surface area contributed by atoms with Gasteiger partial charge in [0, 0.05) is 17.5 Å². The number of nitrogens with zero attached hydrogens (tertiary/aromatic N) is 1. The SMILES string of the molecule is CCCNC(=O)Cc1csc(NC(=O)c2ccc(OC)c(OC)c2)n1. The zero-order valence-corrected chi connectivity index (χ0v) is 15.2. The molecular formula is C17H21N3O4S. The van der Waals surface area contributed by atoms with Crippen LogP contribution in [0.2, 0.25) is 0 Å². The molecule has 8 heteroatoms. The van der Waals surface area contributed by atoms with Gasteiger partial charge >= 0.3 is 0 Å². The van der Waals surface area contributed by atoms with E-state index < -0.39 is 0 Å². The monoisotopic (exact) mass is 363 g/mol. The van der Waals surface area contributed by atoms with Crippen molar-refractivity contribution in [1.29, 1.82) is 0 Å². The molecule has 1 heterocycles. The first-order valence-electron chi connectivity index (χ1n) is 7.81. The van der Waals surface area contributed by atoms with Crippen LogP contribution in [0.1, 0.15) is 29.4 Å². The van der Waals surface area contributed by atoms with E-state index in [0.29, 0.717) is 34.4 Å². The van der Waals surface area contributed by atoms with Crippen molar-refractivity contribution in [2.24, 2.45) is 0 Å². The van der Waals surface area contributed by atoms with E-state index in [0.717, 1.165) is 6.42 Å². The molecule has 0 saturated carbocycles. The summed E-state index contributed by atoms with van der Waals surface area (Å²) in [5, 5.41) is 7.72. The van der Waals surface area contributed by atoms with Crippen molar-refractivity contribution < 1.29 is 19.1 Å². The predicted molar refractivity (Wildman–Crippen MR) is 96.6 cm³/mol. The average molecular weight is 363 g/mol. The van der Waals surface area contributed by atoms with Gasteiger partial charge < -0.3 is 14.8 Å². The summed E-state index contributed by atoms with van der Waals surface area (Å²) in [7, 11) is 3.04. The van der Waals surface area contributed by atoms with E-state index in [4.69, 9.17) is 9.47 Å². The van der Waals surface area contributed by atoms with Crippen molar-refractivity contribution in [3.05, 3.63) is 34.8 Å². The van der Waals surface area contributed by atoms with E-state index in [9.17, 15) is 9.59 Å². The Hall–Kier alpha value is -2.61. The van der Waals surface area contributed by atoms with Gasteiger partial charge in [-0.15, -0.1) is 11.3 Å². The van der Waals surface area contributed by atoms with E-state index in [1.165, 1.54) is 25.6 Å². The van der Waals surface area contributed by atoms with E-state index >= 15 is 0 Å². The molecule has 7 nitrogen and oxygen atoms in total. The number of amides is 2. The van der Waals surface area contributed by atoms with Gasteiger partial charge in [0.2, 0.25) is 5.91 Å². The zero-order chi connectivity index (χ0) is 18.2. The van der Waals surface area contributed by atoms with E-state index in [1.54, 1.807) is 23.6 Å². The van der Waals surface area contributed by atoms with Crippen LogP contribution in [-0.4, -0.2) is 37.6 Å². The molecule has 0 aliphatic carbocycles. The molecule has 0 saturated heterocycles. The Balaban J connectivity index is 2.00. The van der Waals surface area contributed by atoms with Crippen LogP contribution in [0.5, 0.6) is 11.5 Å². The summed E-state index contributed by atoms with van der Waals surface area (Å²) in [4.78, 5) is 28.3. The quantitative estimate of drug-likeness (QED) is 0.752. The molecule has 2 N–H and O–H groups in total. The van der Waals surface area contributed by atoms with Gasteiger partial charge in [-0.3, -0.25) is 14.9 Å². The molecule has 0 aliphatic heterocycles. The second-order valence-electron chi connectivity index (χ2n) is 5.19. The lowest BCUT2D eigenvalue weighted by molar-refractivity contribution is -0.120. The molecule has 0 spiro atoms. The van der Waals surface area contributed by atoms with Gasteiger partial charge in [0.15, 0.2) is 16.6 Å². The minimum Gasteiger partial charge on any atom is -0.493 e. The first-order valence-corrected chi connectivity index (χ1v) is 8.69. The highest BCUT2D eigenvalue weighted by atomic mass is 32.1. The van der Waals surface area contributed by atoms with Crippen LogP contribution in [0, 0.1) is 0 Å². The van der Waals surface area contributed by atoms with Crippen LogP contribution in [-0.2, 0) is 11.2 Å². The topological polar surface area (TPSA) is 89.6 Å². The lowest BCUT2D eigenvalue weighted by atomic mass is 10.2.